The molecule has 5 heteroatoms. The van der Waals surface area contributed by atoms with Crippen LogP contribution >= 0.6 is 0 Å². The number of benzene rings is 1. The molecule has 1 aliphatic carbocycles. The quantitative estimate of drug-likeness (QED) is 0.803. The first-order chi connectivity index (χ1) is 13.2. The fraction of sp³-hybridized carbons (Fsp3) is 0.455. The Kier molecular flexibility index (Phi) is 6.61. The van der Waals surface area contributed by atoms with Crippen LogP contribution in [0.1, 0.15) is 38.2 Å². The zero-order chi connectivity index (χ0) is 19.1. The maximum Gasteiger partial charge on any atom is 0.373 e. The Labute approximate surface area is 160 Å². The van der Waals surface area contributed by atoms with Crippen molar-refractivity contribution >= 4 is 17.5 Å². The molecule has 2 heterocycles. The van der Waals surface area contributed by atoms with Gasteiger partial charge in [0.15, 0.2) is 0 Å². The van der Waals surface area contributed by atoms with Gasteiger partial charge in [-0.25, -0.2) is 0 Å². The summed E-state index contributed by atoms with van der Waals surface area (Å²) in [5.74, 6) is 2.49. The molecular weight excluding hydrogens is 340 g/mol. The van der Waals surface area contributed by atoms with E-state index in [1.165, 1.54) is 36.9 Å². The second-order valence-electron chi connectivity index (χ2n) is 7.43. The monoisotopic (exact) mass is 366 g/mol. The van der Waals surface area contributed by atoms with Crippen LogP contribution in [-0.4, -0.2) is 24.3 Å². The molecule has 4 rings (SSSR count). The molecule has 0 bridgehead atoms. The van der Waals surface area contributed by atoms with Gasteiger partial charge < -0.3 is 9.64 Å². The number of hydrogen-bond donors (Lipinski definition) is 0. The molecule has 0 radical (unpaired) electrons. The van der Waals surface area contributed by atoms with Crippen molar-refractivity contribution in [3.05, 3.63) is 48.3 Å². The first-order valence-electron chi connectivity index (χ1n) is 9.64. The van der Waals surface area contributed by atoms with Gasteiger partial charge in [-0.1, -0.05) is 38.0 Å². The maximum absolute atomic E-state index is 8.12. The Balaban J connectivity index is 0.000000659. The predicted molar refractivity (Wildman–Crippen MR) is 103 cm³/mol. The Morgan fingerprint density at radius 1 is 1.15 bits per heavy atom. The molecule has 0 spiro atoms. The van der Waals surface area contributed by atoms with Gasteiger partial charge in [-0.3, -0.25) is 4.98 Å². The molecule has 1 aliphatic heterocycles. The van der Waals surface area contributed by atoms with E-state index in [0.717, 1.165) is 36.9 Å². The summed E-state index contributed by atoms with van der Waals surface area (Å²) in [6, 6.07) is 10.8. The van der Waals surface area contributed by atoms with E-state index in [1.54, 1.807) is 0 Å². The predicted octanol–water partition coefficient (Wildman–Crippen LogP) is 4.40. The summed E-state index contributed by atoms with van der Waals surface area (Å²) < 4.78 is 6.08. The fourth-order valence-corrected chi connectivity index (χ4v) is 3.95. The van der Waals surface area contributed by atoms with Crippen molar-refractivity contribution < 1.29 is 14.3 Å². The number of anilines is 2. The summed E-state index contributed by atoms with van der Waals surface area (Å²) >= 11 is 0. The van der Waals surface area contributed by atoms with Crippen LogP contribution in [0.3, 0.4) is 0 Å². The number of carbonyl (C=O) groups excluding carboxylic acids is 2. The van der Waals surface area contributed by atoms with Crippen molar-refractivity contribution in [2.45, 2.75) is 39.0 Å². The van der Waals surface area contributed by atoms with Crippen LogP contribution in [0.25, 0.3) is 0 Å². The minimum Gasteiger partial charge on any atom is -0.492 e. The number of para-hydroxylation sites is 1. The van der Waals surface area contributed by atoms with E-state index < -0.39 is 0 Å². The summed E-state index contributed by atoms with van der Waals surface area (Å²) in [5.41, 5.74) is 3.85. The third-order valence-corrected chi connectivity index (χ3v) is 5.52. The van der Waals surface area contributed by atoms with Crippen LogP contribution in [0.2, 0.25) is 0 Å². The van der Waals surface area contributed by atoms with Crippen molar-refractivity contribution in [2.75, 3.05) is 18.1 Å². The average Bonchev–Trinajstić information content (AvgIpc) is 3.13. The zero-order valence-corrected chi connectivity index (χ0v) is 15.8. The van der Waals surface area contributed by atoms with Crippen LogP contribution in [0, 0.1) is 11.8 Å². The van der Waals surface area contributed by atoms with Crippen LogP contribution < -0.4 is 9.64 Å². The molecular formula is C22H26N2O3. The highest BCUT2D eigenvalue weighted by Crippen LogP contribution is 2.35. The topological polar surface area (TPSA) is 59.5 Å². The number of aromatic nitrogens is 1. The van der Waals surface area contributed by atoms with E-state index in [0.29, 0.717) is 5.92 Å². The van der Waals surface area contributed by atoms with Gasteiger partial charge in [-0.15, -0.1) is 0 Å². The highest BCUT2D eigenvalue weighted by atomic mass is 16.5. The third kappa shape index (κ3) is 4.95. The second-order valence-corrected chi connectivity index (χ2v) is 7.43. The molecule has 1 saturated carbocycles. The molecule has 27 heavy (non-hydrogen) atoms. The van der Waals surface area contributed by atoms with E-state index in [9.17, 15) is 0 Å². The maximum atomic E-state index is 8.12. The van der Waals surface area contributed by atoms with Gasteiger partial charge in [-0.05, 0) is 42.7 Å². The summed E-state index contributed by atoms with van der Waals surface area (Å²) in [6.07, 6.45) is 10.4. The van der Waals surface area contributed by atoms with Crippen molar-refractivity contribution in [1.82, 2.24) is 4.98 Å². The number of ether oxygens (including phenoxy) is 1. The molecule has 1 aromatic heterocycles. The first-order valence-corrected chi connectivity index (χ1v) is 9.64. The Morgan fingerprint density at radius 3 is 2.67 bits per heavy atom. The molecule has 0 amide bonds. The standard InChI is InChI=1S/C21H26N2O.CO2/c1-16-6-8-17(9-7-16)15-24-20-12-19(13-22-14-20)23-11-10-18-4-2-3-5-21(18)23;2-1-3/h2-5,12-14,16-17H,6-11,15H2,1H3;. The lowest BCUT2D eigenvalue weighted by Gasteiger charge is -2.26. The number of hydrogen-bond acceptors (Lipinski definition) is 5. The van der Waals surface area contributed by atoms with Gasteiger partial charge >= 0.3 is 6.15 Å². The normalized spacial score (nSPS) is 20.9. The van der Waals surface area contributed by atoms with Gasteiger partial charge in [0.25, 0.3) is 0 Å². The smallest absolute Gasteiger partial charge is 0.373 e. The van der Waals surface area contributed by atoms with E-state index in [-0.39, 0.29) is 6.15 Å². The number of rotatable bonds is 4. The molecule has 0 atom stereocenters. The van der Waals surface area contributed by atoms with Crippen molar-refractivity contribution in [1.29, 1.82) is 0 Å². The summed E-state index contributed by atoms with van der Waals surface area (Å²) in [5, 5.41) is 0. The average molecular weight is 366 g/mol. The molecule has 1 fully saturated rings. The largest absolute Gasteiger partial charge is 0.492 e. The van der Waals surface area contributed by atoms with Crippen LogP contribution in [-0.2, 0) is 16.0 Å². The fourth-order valence-electron chi connectivity index (χ4n) is 3.95. The first kappa shape index (κ1) is 19.1. The second kappa shape index (κ2) is 9.33. The highest BCUT2D eigenvalue weighted by Gasteiger charge is 2.21. The Morgan fingerprint density at radius 2 is 1.89 bits per heavy atom. The van der Waals surface area contributed by atoms with Crippen molar-refractivity contribution in [3.8, 4) is 5.75 Å². The molecule has 0 unspecified atom stereocenters. The zero-order valence-electron chi connectivity index (χ0n) is 15.8. The highest BCUT2D eigenvalue weighted by molar-refractivity contribution is 5.69. The lowest BCUT2D eigenvalue weighted by Crippen LogP contribution is -2.19. The SMILES string of the molecule is CC1CCC(COc2cncc(N3CCc4ccccc43)c2)CC1.O=C=O. The summed E-state index contributed by atoms with van der Waals surface area (Å²) in [4.78, 5) is 23.0. The van der Waals surface area contributed by atoms with Gasteiger partial charge in [0.05, 0.1) is 24.7 Å². The molecule has 2 aromatic rings. The van der Waals surface area contributed by atoms with E-state index in [2.05, 4.69) is 47.1 Å². The summed E-state index contributed by atoms with van der Waals surface area (Å²) in [7, 11) is 0. The Hall–Kier alpha value is -2.65. The lowest BCUT2D eigenvalue weighted by molar-refractivity contribution is -0.191. The lowest BCUT2D eigenvalue weighted by atomic mass is 9.83. The van der Waals surface area contributed by atoms with E-state index >= 15 is 0 Å². The number of nitrogens with zero attached hydrogens (tertiary/aromatic N) is 2. The van der Waals surface area contributed by atoms with Gasteiger partial charge in [0.2, 0.25) is 0 Å². The van der Waals surface area contributed by atoms with Crippen LogP contribution in [0.4, 0.5) is 11.4 Å². The van der Waals surface area contributed by atoms with E-state index in [4.69, 9.17) is 14.3 Å². The molecule has 0 N–H and O–H groups in total. The van der Waals surface area contributed by atoms with Gasteiger partial charge in [0, 0.05) is 18.3 Å². The third-order valence-electron chi connectivity index (χ3n) is 5.52. The Bertz CT molecular complexity index is 779. The van der Waals surface area contributed by atoms with Crippen LogP contribution in [0.5, 0.6) is 5.75 Å². The molecule has 0 saturated heterocycles. The molecule has 5 nitrogen and oxygen atoms in total. The minimum atomic E-state index is 0.250. The summed E-state index contributed by atoms with van der Waals surface area (Å²) in [6.45, 7) is 4.21. The molecule has 2 aliphatic rings. The van der Waals surface area contributed by atoms with E-state index in [1.807, 2.05) is 12.4 Å². The van der Waals surface area contributed by atoms with Gasteiger partial charge in [-0.2, -0.15) is 9.59 Å². The molecule has 1 aromatic carbocycles. The number of pyridine rings is 1. The molecule has 142 valence electrons. The van der Waals surface area contributed by atoms with Gasteiger partial charge in [0.1, 0.15) is 5.75 Å². The minimum absolute atomic E-state index is 0.250. The number of fused-ring (bicyclic) bond motifs is 1. The van der Waals surface area contributed by atoms with Crippen LogP contribution in [0.15, 0.2) is 42.7 Å². The van der Waals surface area contributed by atoms with Crippen molar-refractivity contribution in [2.24, 2.45) is 11.8 Å². The van der Waals surface area contributed by atoms with Crippen molar-refractivity contribution in [3.63, 3.8) is 0 Å².